The minimum atomic E-state index is 0. The Labute approximate surface area is 203 Å². The molecule has 0 fully saturated rings. The van der Waals surface area contributed by atoms with E-state index in [1.165, 1.54) is 15.6 Å². The van der Waals surface area contributed by atoms with Gasteiger partial charge in [-0.05, 0) is 0 Å². The first-order valence-electron chi connectivity index (χ1n) is 10.5. The number of hydrogen-bond donors (Lipinski definition) is 1. The molecule has 0 spiro atoms. The van der Waals surface area contributed by atoms with Crippen LogP contribution in [-0.2, 0) is 15.0 Å². The van der Waals surface area contributed by atoms with Crippen LogP contribution in [0, 0.1) is 6.92 Å². The normalized spacial score (nSPS) is 11.1. The molecule has 0 aliphatic rings. The monoisotopic (exact) mass is 489 g/mol. The summed E-state index contributed by atoms with van der Waals surface area (Å²) in [5.41, 5.74) is 6.70. The SMILES string of the molecule is C=[C]([Fe][c]1c(C)cccc1C(C)C)c1ccc2ccc3ccc(C(C)C)nc3c2n1.Cl.N. The number of pyridine rings is 2. The van der Waals surface area contributed by atoms with Crippen molar-refractivity contribution in [3.63, 3.8) is 0 Å². The Bertz CT molecular complexity index is 1260. The Balaban J connectivity index is 0.00000181. The van der Waals surface area contributed by atoms with Gasteiger partial charge in [0.05, 0.1) is 0 Å². The molecule has 0 aliphatic heterocycles. The predicted molar refractivity (Wildman–Crippen MR) is 137 cm³/mol. The number of aromatic nitrogens is 2. The molecule has 170 valence electrons. The second-order valence-corrected chi connectivity index (χ2v) is 9.89. The van der Waals surface area contributed by atoms with E-state index in [4.69, 9.17) is 9.97 Å². The molecule has 2 aromatic carbocycles. The third-order valence-corrected chi connectivity index (χ3v) is 7.07. The second-order valence-electron chi connectivity index (χ2n) is 8.40. The van der Waals surface area contributed by atoms with Gasteiger partial charge < -0.3 is 6.15 Å². The molecular weight excluding hydrogens is 458 g/mol. The van der Waals surface area contributed by atoms with Crippen molar-refractivity contribution in [3.8, 4) is 0 Å². The number of rotatable bonds is 5. The molecule has 3 N–H and O–H groups in total. The Morgan fingerprint density at radius 1 is 0.812 bits per heavy atom. The third kappa shape index (κ3) is 5.05. The van der Waals surface area contributed by atoms with Gasteiger partial charge in [-0.1, -0.05) is 0 Å². The predicted octanol–water partition coefficient (Wildman–Crippen LogP) is 7.30. The quantitative estimate of drug-likeness (QED) is 0.236. The van der Waals surface area contributed by atoms with Crippen LogP contribution in [0.15, 0.2) is 61.2 Å². The van der Waals surface area contributed by atoms with Crippen LogP contribution < -0.4 is 10.6 Å². The third-order valence-electron chi connectivity index (χ3n) is 5.43. The summed E-state index contributed by atoms with van der Waals surface area (Å²) in [7, 11) is 0. The number of fused-ring (bicyclic) bond motifs is 3. The zero-order valence-corrected chi connectivity index (χ0v) is 21.3. The minimum absolute atomic E-state index is 0. The van der Waals surface area contributed by atoms with Gasteiger partial charge in [0.2, 0.25) is 0 Å². The van der Waals surface area contributed by atoms with Crippen LogP contribution in [0.4, 0.5) is 0 Å². The van der Waals surface area contributed by atoms with Gasteiger partial charge in [-0.2, -0.15) is 0 Å². The van der Waals surface area contributed by atoms with Crippen molar-refractivity contribution in [1.29, 1.82) is 0 Å². The van der Waals surface area contributed by atoms with Crippen LogP contribution in [0.1, 0.15) is 62.0 Å². The number of halogens is 1. The van der Waals surface area contributed by atoms with Gasteiger partial charge in [-0.15, -0.1) is 12.4 Å². The first kappa shape index (κ1) is 26.0. The standard InChI is InChI=1S/C17H15N2.C10H13.ClH.Fe.H3N/c1-4-14-9-7-12-5-6-13-8-10-15(11(2)3)19-17(13)16(12)18-14;1-8(2)10-6-4-5-9(3)7-10;;;/h5-11H,1H2,2-3H3;4-6,8H,1-3H3;1H;;1H3. The second kappa shape index (κ2) is 10.6. The van der Waals surface area contributed by atoms with E-state index in [1.807, 2.05) is 0 Å². The molecule has 0 amide bonds. The van der Waals surface area contributed by atoms with E-state index >= 15 is 0 Å². The van der Waals surface area contributed by atoms with Crippen LogP contribution in [0.3, 0.4) is 0 Å². The maximum absolute atomic E-state index is 5.04. The minimum Gasteiger partial charge on any atom is -0.344 e. The molecule has 0 radical (unpaired) electrons. The molecule has 0 unspecified atom stereocenters. The summed E-state index contributed by atoms with van der Waals surface area (Å²) >= 11 is 0.814. The molecular formula is C27H32ClFeN3. The van der Waals surface area contributed by atoms with E-state index in [0.717, 1.165) is 52.6 Å². The summed E-state index contributed by atoms with van der Waals surface area (Å²) in [4.78, 5) is 9.99. The van der Waals surface area contributed by atoms with Gasteiger partial charge in [0.1, 0.15) is 0 Å². The molecule has 0 saturated carbocycles. The average molecular weight is 490 g/mol. The Hall–Kier alpha value is -2.23. The van der Waals surface area contributed by atoms with Gasteiger partial charge in [-0.3, -0.25) is 0 Å². The molecule has 3 nitrogen and oxygen atoms in total. The fourth-order valence-corrected chi connectivity index (χ4v) is 5.14. The number of hydrogen-bond acceptors (Lipinski definition) is 3. The summed E-state index contributed by atoms with van der Waals surface area (Å²) in [6.07, 6.45) is 0. The van der Waals surface area contributed by atoms with Crippen molar-refractivity contribution >= 4 is 43.1 Å². The van der Waals surface area contributed by atoms with Crippen molar-refractivity contribution < 1.29 is 15.0 Å². The van der Waals surface area contributed by atoms with E-state index in [0.29, 0.717) is 11.8 Å². The number of nitrogens with zero attached hydrogens (tertiary/aromatic N) is 2. The zero-order valence-electron chi connectivity index (χ0n) is 19.4. The van der Waals surface area contributed by atoms with Crippen molar-refractivity contribution in [2.45, 2.75) is 46.5 Å². The summed E-state index contributed by atoms with van der Waals surface area (Å²) in [5.74, 6) is 0.873. The molecule has 5 heteroatoms. The summed E-state index contributed by atoms with van der Waals surface area (Å²) < 4.78 is 2.42. The van der Waals surface area contributed by atoms with Gasteiger partial charge in [0.25, 0.3) is 0 Å². The van der Waals surface area contributed by atoms with Crippen LogP contribution in [-0.4, -0.2) is 9.97 Å². The van der Waals surface area contributed by atoms with Crippen LogP contribution in [0.5, 0.6) is 0 Å². The Morgan fingerprint density at radius 3 is 2.03 bits per heavy atom. The number of benzene rings is 2. The fraction of sp³-hybridized carbons (Fsp3) is 0.259. The first-order valence-corrected chi connectivity index (χ1v) is 11.6. The van der Waals surface area contributed by atoms with Crippen LogP contribution in [0.2, 0.25) is 0 Å². The molecule has 32 heavy (non-hydrogen) atoms. The summed E-state index contributed by atoms with van der Waals surface area (Å²) in [6.45, 7) is 15.4. The molecule has 4 aromatic rings. The van der Waals surface area contributed by atoms with Crippen molar-refractivity contribution in [3.05, 3.63) is 83.7 Å². The smallest absolute Gasteiger partial charge is 0.147 e. The van der Waals surface area contributed by atoms with E-state index in [1.54, 1.807) is 0 Å². The topological polar surface area (TPSA) is 60.8 Å². The molecule has 2 aromatic heterocycles. The Kier molecular flexibility index (Phi) is 8.61. The molecule has 0 aliphatic carbocycles. The van der Waals surface area contributed by atoms with Crippen LogP contribution in [0.25, 0.3) is 26.3 Å². The van der Waals surface area contributed by atoms with Crippen molar-refractivity contribution in [1.82, 2.24) is 16.1 Å². The summed E-state index contributed by atoms with van der Waals surface area (Å²) in [5, 5.41) is 2.24. The van der Waals surface area contributed by atoms with Gasteiger partial charge in [0, 0.05) is 0 Å². The van der Waals surface area contributed by atoms with Crippen molar-refractivity contribution in [2.75, 3.05) is 0 Å². The van der Waals surface area contributed by atoms with Crippen molar-refractivity contribution in [2.24, 2.45) is 0 Å². The van der Waals surface area contributed by atoms with E-state index in [9.17, 15) is 0 Å². The molecule has 0 atom stereocenters. The Morgan fingerprint density at radius 2 is 1.41 bits per heavy atom. The molecule has 0 bridgehead atoms. The fourth-order valence-electron chi connectivity index (χ4n) is 3.63. The van der Waals surface area contributed by atoms with E-state index in [2.05, 4.69) is 95.8 Å². The van der Waals surface area contributed by atoms with Crippen LogP contribution >= 0.6 is 12.4 Å². The molecule has 2 heterocycles. The summed E-state index contributed by atoms with van der Waals surface area (Å²) in [6, 6.07) is 19.3. The maximum Gasteiger partial charge on any atom is -0.147 e. The van der Waals surface area contributed by atoms with E-state index in [-0.39, 0.29) is 18.6 Å². The van der Waals surface area contributed by atoms with Gasteiger partial charge in [0.15, 0.2) is 0 Å². The number of aryl methyl sites for hydroxylation is 1. The largest absolute Gasteiger partial charge is 0.344 e. The average Bonchev–Trinajstić information content (AvgIpc) is 2.73. The first-order chi connectivity index (χ1) is 14.3. The van der Waals surface area contributed by atoms with Gasteiger partial charge >= 0.3 is 186 Å². The molecule has 4 rings (SSSR count). The zero-order chi connectivity index (χ0) is 21.4. The maximum atomic E-state index is 5.04. The van der Waals surface area contributed by atoms with Gasteiger partial charge in [-0.25, -0.2) is 0 Å². The van der Waals surface area contributed by atoms with E-state index < -0.39 is 0 Å². The molecule has 0 saturated heterocycles.